The van der Waals surface area contributed by atoms with Crippen LogP contribution in [0.1, 0.15) is 49.3 Å². The standard InChI is InChI=1S/C24H26N3O2P/c28-19-10-6-16(7-11-19)14-22(29)27-24-23(18-4-2-1-3-5-18)26-21(15-25-24)17-8-12-20(30)13-9-17/h6-13,15,18,28H,1-5,14,30H2,(H,25,27,29). The molecule has 1 atom stereocenters. The van der Waals surface area contributed by atoms with Gasteiger partial charge in [0.2, 0.25) is 5.91 Å². The lowest BCUT2D eigenvalue weighted by Gasteiger charge is -2.23. The van der Waals surface area contributed by atoms with Crippen molar-refractivity contribution in [2.45, 2.75) is 44.4 Å². The maximum atomic E-state index is 12.7. The van der Waals surface area contributed by atoms with E-state index in [4.69, 9.17) is 4.98 Å². The van der Waals surface area contributed by atoms with Crippen molar-refractivity contribution in [2.24, 2.45) is 0 Å². The van der Waals surface area contributed by atoms with Gasteiger partial charge in [-0.15, -0.1) is 9.24 Å². The van der Waals surface area contributed by atoms with Gasteiger partial charge in [0.05, 0.1) is 24.0 Å². The molecule has 1 fully saturated rings. The number of hydrogen-bond donors (Lipinski definition) is 2. The molecule has 1 aromatic heterocycles. The Bertz CT molecular complexity index is 1010. The first-order valence-corrected chi connectivity index (χ1v) is 11.0. The summed E-state index contributed by atoms with van der Waals surface area (Å²) >= 11 is 0. The fraction of sp³-hybridized carbons (Fsp3) is 0.292. The molecule has 6 heteroatoms. The smallest absolute Gasteiger partial charge is 0.229 e. The molecule has 1 heterocycles. The van der Waals surface area contributed by atoms with Gasteiger partial charge in [0, 0.05) is 11.5 Å². The van der Waals surface area contributed by atoms with E-state index in [0.29, 0.717) is 11.7 Å². The minimum atomic E-state index is -0.132. The van der Waals surface area contributed by atoms with Gasteiger partial charge in [0.1, 0.15) is 5.75 Å². The lowest BCUT2D eigenvalue weighted by molar-refractivity contribution is -0.115. The van der Waals surface area contributed by atoms with Crippen LogP contribution in [0.3, 0.4) is 0 Å². The molecular weight excluding hydrogens is 393 g/mol. The molecule has 3 aromatic rings. The summed E-state index contributed by atoms with van der Waals surface area (Å²) in [6.45, 7) is 0. The highest BCUT2D eigenvalue weighted by Crippen LogP contribution is 2.35. The number of carbonyl (C=O) groups excluding carboxylic acids is 1. The SMILES string of the molecule is O=C(Cc1ccc(O)cc1)Nc1ncc(-c2ccc(P)cc2)nc1C1CCCCC1. The van der Waals surface area contributed by atoms with E-state index < -0.39 is 0 Å². The minimum absolute atomic E-state index is 0.132. The lowest BCUT2D eigenvalue weighted by atomic mass is 9.86. The summed E-state index contributed by atoms with van der Waals surface area (Å²) in [6.07, 6.45) is 7.72. The maximum absolute atomic E-state index is 12.7. The zero-order valence-corrected chi connectivity index (χ0v) is 18.0. The van der Waals surface area contributed by atoms with E-state index in [1.54, 1.807) is 30.5 Å². The molecule has 0 saturated heterocycles. The average molecular weight is 419 g/mol. The summed E-state index contributed by atoms with van der Waals surface area (Å²) in [7, 11) is 2.69. The third-order valence-electron chi connectivity index (χ3n) is 5.56. The molecule has 0 aliphatic heterocycles. The Morgan fingerprint density at radius 3 is 2.43 bits per heavy atom. The van der Waals surface area contributed by atoms with Crippen LogP contribution in [0.5, 0.6) is 5.75 Å². The van der Waals surface area contributed by atoms with Crippen LogP contribution in [0.2, 0.25) is 0 Å². The first-order valence-electron chi connectivity index (χ1n) is 10.4. The summed E-state index contributed by atoms with van der Waals surface area (Å²) in [5, 5.41) is 13.5. The van der Waals surface area contributed by atoms with Crippen LogP contribution in [0.4, 0.5) is 5.82 Å². The van der Waals surface area contributed by atoms with Gasteiger partial charge in [-0.25, -0.2) is 9.97 Å². The van der Waals surface area contributed by atoms with Gasteiger partial charge < -0.3 is 10.4 Å². The van der Waals surface area contributed by atoms with Gasteiger partial charge in [-0.2, -0.15) is 0 Å². The van der Waals surface area contributed by atoms with Gasteiger partial charge in [-0.1, -0.05) is 55.7 Å². The van der Waals surface area contributed by atoms with Crippen molar-refractivity contribution >= 4 is 26.3 Å². The molecule has 1 amide bonds. The molecule has 0 spiro atoms. The van der Waals surface area contributed by atoms with Crippen molar-refractivity contribution in [3.05, 3.63) is 66.0 Å². The molecule has 1 aliphatic rings. The highest BCUT2D eigenvalue weighted by molar-refractivity contribution is 7.27. The van der Waals surface area contributed by atoms with Crippen molar-refractivity contribution in [3.8, 4) is 17.0 Å². The van der Waals surface area contributed by atoms with Crippen molar-refractivity contribution in [2.75, 3.05) is 5.32 Å². The van der Waals surface area contributed by atoms with Crippen molar-refractivity contribution < 1.29 is 9.90 Å². The summed E-state index contributed by atoms with van der Waals surface area (Å²) in [6, 6.07) is 14.8. The zero-order chi connectivity index (χ0) is 20.9. The molecule has 154 valence electrons. The monoisotopic (exact) mass is 419 g/mol. The van der Waals surface area contributed by atoms with Gasteiger partial charge in [-0.05, 0) is 35.8 Å². The number of nitrogens with zero attached hydrogens (tertiary/aromatic N) is 2. The number of aromatic hydroxyl groups is 1. The molecule has 1 unspecified atom stereocenters. The van der Waals surface area contributed by atoms with E-state index in [2.05, 4.69) is 19.5 Å². The predicted octanol–water partition coefficient (Wildman–Crippen LogP) is 4.58. The lowest BCUT2D eigenvalue weighted by Crippen LogP contribution is -2.19. The molecule has 1 aliphatic carbocycles. The Morgan fingerprint density at radius 1 is 1.03 bits per heavy atom. The molecule has 0 bridgehead atoms. The van der Waals surface area contributed by atoms with E-state index in [9.17, 15) is 9.90 Å². The number of anilines is 1. The number of amides is 1. The highest BCUT2D eigenvalue weighted by atomic mass is 31.0. The zero-order valence-electron chi connectivity index (χ0n) is 16.8. The third-order valence-corrected chi connectivity index (χ3v) is 5.94. The highest BCUT2D eigenvalue weighted by Gasteiger charge is 2.23. The fourth-order valence-electron chi connectivity index (χ4n) is 3.93. The van der Waals surface area contributed by atoms with Crippen molar-refractivity contribution in [1.82, 2.24) is 9.97 Å². The molecule has 4 rings (SSSR count). The Hall–Kier alpha value is -2.78. The first kappa shape index (κ1) is 20.5. The molecule has 0 radical (unpaired) electrons. The van der Waals surface area contributed by atoms with Gasteiger partial charge in [-0.3, -0.25) is 4.79 Å². The fourth-order valence-corrected chi connectivity index (χ4v) is 4.12. The number of aromatic nitrogens is 2. The Balaban J connectivity index is 1.59. The number of benzene rings is 2. The van der Waals surface area contributed by atoms with E-state index in [0.717, 1.165) is 40.7 Å². The third kappa shape index (κ3) is 5.03. The maximum Gasteiger partial charge on any atom is 0.229 e. The van der Waals surface area contributed by atoms with Crippen molar-refractivity contribution in [3.63, 3.8) is 0 Å². The van der Waals surface area contributed by atoms with Crippen LogP contribution in [0.25, 0.3) is 11.3 Å². The summed E-state index contributed by atoms with van der Waals surface area (Å²) in [5.41, 5.74) is 3.58. The van der Waals surface area contributed by atoms with Gasteiger partial charge in [0.15, 0.2) is 5.82 Å². The van der Waals surface area contributed by atoms with Gasteiger partial charge >= 0.3 is 0 Å². The largest absolute Gasteiger partial charge is 0.508 e. The Labute approximate surface area is 179 Å². The van der Waals surface area contributed by atoms with Crippen LogP contribution < -0.4 is 10.6 Å². The van der Waals surface area contributed by atoms with Crippen LogP contribution in [-0.2, 0) is 11.2 Å². The number of nitrogens with one attached hydrogen (secondary N) is 1. The van der Waals surface area contributed by atoms with E-state index in [-0.39, 0.29) is 18.1 Å². The normalized spacial score (nSPS) is 14.4. The second-order valence-electron chi connectivity index (χ2n) is 7.84. The van der Waals surface area contributed by atoms with Gasteiger partial charge in [0.25, 0.3) is 0 Å². The van der Waals surface area contributed by atoms with Crippen LogP contribution >= 0.6 is 9.24 Å². The van der Waals surface area contributed by atoms with E-state index >= 15 is 0 Å². The van der Waals surface area contributed by atoms with E-state index in [1.165, 1.54) is 19.3 Å². The molecule has 1 saturated carbocycles. The number of phenolic OH excluding ortho intramolecular Hbond substituents is 1. The minimum Gasteiger partial charge on any atom is -0.508 e. The molecule has 2 aromatic carbocycles. The molecular formula is C24H26N3O2P. The number of carbonyl (C=O) groups is 1. The summed E-state index contributed by atoms with van der Waals surface area (Å²) in [4.78, 5) is 22.2. The summed E-state index contributed by atoms with van der Waals surface area (Å²) < 4.78 is 0. The van der Waals surface area contributed by atoms with Crippen LogP contribution in [0.15, 0.2) is 54.7 Å². The first-order chi connectivity index (χ1) is 14.6. The second-order valence-corrected chi connectivity index (χ2v) is 8.50. The number of phenols is 1. The molecule has 2 N–H and O–H groups in total. The Morgan fingerprint density at radius 2 is 1.73 bits per heavy atom. The topological polar surface area (TPSA) is 75.1 Å². The van der Waals surface area contributed by atoms with E-state index in [1.807, 2.05) is 24.3 Å². The molecule has 5 nitrogen and oxygen atoms in total. The predicted molar refractivity (Wildman–Crippen MR) is 123 cm³/mol. The van der Waals surface area contributed by atoms with Crippen molar-refractivity contribution in [1.29, 1.82) is 0 Å². The second kappa shape index (κ2) is 9.36. The quantitative estimate of drug-likeness (QED) is 0.594. The summed E-state index contributed by atoms with van der Waals surface area (Å²) in [5.74, 6) is 0.940. The number of hydrogen-bond acceptors (Lipinski definition) is 4. The van der Waals surface area contributed by atoms with Crippen LogP contribution in [-0.4, -0.2) is 21.0 Å². The number of rotatable bonds is 5. The molecule has 30 heavy (non-hydrogen) atoms. The average Bonchev–Trinajstić information content (AvgIpc) is 2.77. The Kier molecular flexibility index (Phi) is 6.39. The van der Waals surface area contributed by atoms with Crippen LogP contribution in [0, 0.1) is 0 Å².